The van der Waals surface area contributed by atoms with Gasteiger partial charge in [-0.25, -0.2) is 17.8 Å². The normalized spacial score (nSPS) is 18.5. The number of imidazole rings is 1. The smallest absolute Gasteiger partial charge is 0.256 e. The number of rotatable bonds is 4. The number of amidine groups is 1. The lowest BCUT2D eigenvalue weighted by Gasteiger charge is -2.27. The zero-order valence-corrected chi connectivity index (χ0v) is 16.3. The molecule has 1 amide bonds. The molecule has 1 N–H and O–H groups in total. The van der Waals surface area contributed by atoms with Crippen molar-refractivity contribution in [2.75, 3.05) is 12.3 Å². The summed E-state index contributed by atoms with van der Waals surface area (Å²) in [7, 11) is -1.68. The van der Waals surface area contributed by atoms with Gasteiger partial charge in [0.1, 0.15) is 23.5 Å². The summed E-state index contributed by atoms with van der Waals surface area (Å²) in [5.41, 5.74) is 0.887. The highest BCUT2D eigenvalue weighted by Crippen LogP contribution is 2.23. The summed E-state index contributed by atoms with van der Waals surface area (Å²) in [5, 5.41) is 2.89. The summed E-state index contributed by atoms with van der Waals surface area (Å²) in [5.74, 6) is -0.0992. The number of nitrogens with zero attached hydrogens (tertiary/aromatic N) is 4. The van der Waals surface area contributed by atoms with Crippen molar-refractivity contribution in [3.8, 4) is 0 Å². The first-order chi connectivity index (χ1) is 13.8. The quantitative estimate of drug-likeness (QED) is 0.811. The molecule has 0 aliphatic carbocycles. The molecule has 2 aliphatic rings. The SMILES string of the molecule is Cn1ccnc1[C@H](NC(=O)C1=CN2CCS(=O)(=O)N=C2C=C1)c1cccc(F)c1. The van der Waals surface area contributed by atoms with Crippen molar-refractivity contribution in [3.63, 3.8) is 0 Å². The largest absolute Gasteiger partial charge is 0.338 e. The summed E-state index contributed by atoms with van der Waals surface area (Å²) in [6, 6.07) is 5.31. The fourth-order valence-corrected chi connectivity index (χ4v) is 4.16. The first-order valence-corrected chi connectivity index (χ1v) is 10.5. The van der Waals surface area contributed by atoms with Crippen molar-refractivity contribution in [2.45, 2.75) is 6.04 Å². The van der Waals surface area contributed by atoms with Gasteiger partial charge < -0.3 is 14.8 Å². The Morgan fingerprint density at radius 3 is 2.86 bits per heavy atom. The number of hydrogen-bond acceptors (Lipinski definition) is 5. The van der Waals surface area contributed by atoms with Crippen LogP contribution < -0.4 is 5.32 Å². The fraction of sp³-hybridized carbons (Fsp3) is 0.211. The van der Waals surface area contributed by atoms with E-state index in [0.29, 0.717) is 17.0 Å². The molecular weight excluding hydrogens is 397 g/mol. The van der Waals surface area contributed by atoms with Crippen LogP contribution in [0.1, 0.15) is 17.4 Å². The van der Waals surface area contributed by atoms with E-state index in [1.54, 1.807) is 47.2 Å². The van der Waals surface area contributed by atoms with Crippen LogP contribution in [-0.4, -0.2) is 46.9 Å². The van der Waals surface area contributed by atoms with Crippen LogP contribution in [0.25, 0.3) is 0 Å². The van der Waals surface area contributed by atoms with Crippen LogP contribution >= 0.6 is 0 Å². The fourth-order valence-electron chi connectivity index (χ4n) is 3.19. The molecular formula is C19H18FN5O3S. The van der Waals surface area contributed by atoms with Crippen LogP contribution in [0.3, 0.4) is 0 Å². The number of halogens is 1. The molecule has 0 saturated carbocycles. The highest BCUT2D eigenvalue weighted by Gasteiger charge is 2.27. The Balaban J connectivity index is 1.62. The Labute approximate surface area is 167 Å². The Bertz CT molecular complexity index is 1170. The summed E-state index contributed by atoms with van der Waals surface area (Å²) in [4.78, 5) is 18.8. The summed E-state index contributed by atoms with van der Waals surface area (Å²) >= 11 is 0. The second-order valence-corrected chi connectivity index (χ2v) is 8.46. The van der Waals surface area contributed by atoms with Crippen molar-refractivity contribution in [3.05, 3.63) is 77.8 Å². The van der Waals surface area contributed by atoms with Crippen LogP contribution in [0, 0.1) is 5.82 Å². The third kappa shape index (κ3) is 3.97. The molecule has 8 nitrogen and oxygen atoms in total. The number of aromatic nitrogens is 2. The Kier molecular flexibility index (Phi) is 4.79. The molecule has 0 spiro atoms. The molecule has 2 aliphatic heterocycles. The minimum absolute atomic E-state index is 0.116. The highest BCUT2D eigenvalue weighted by molar-refractivity contribution is 7.90. The summed E-state index contributed by atoms with van der Waals surface area (Å²) < 4.78 is 42.5. The Morgan fingerprint density at radius 2 is 2.14 bits per heavy atom. The number of sulfonamides is 1. The zero-order chi connectivity index (χ0) is 20.6. The molecule has 2 aromatic rings. The molecule has 0 bridgehead atoms. The van der Waals surface area contributed by atoms with Crippen LogP contribution in [0.15, 0.2) is 65.0 Å². The maximum absolute atomic E-state index is 13.8. The van der Waals surface area contributed by atoms with Gasteiger partial charge >= 0.3 is 0 Å². The Morgan fingerprint density at radius 1 is 1.31 bits per heavy atom. The molecule has 1 aromatic heterocycles. The van der Waals surface area contributed by atoms with Gasteiger partial charge in [0.15, 0.2) is 0 Å². The molecule has 150 valence electrons. The third-order valence-electron chi connectivity index (χ3n) is 4.66. The van der Waals surface area contributed by atoms with Crippen molar-refractivity contribution in [2.24, 2.45) is 11.4 Å². The predicted octanol–water partition coefficient (Wildman–Crippen LogP) is 1.26. The van der Waals surface area contributed by atoms with Crippen LogP contribution in [0.5, 0.6) is 0 Å². The minimum Gasteiger partial charge on any atom is -0.338 e. The van der Waals surface area contributed by atoms with Gasteiger partial charge in [-0.05, 0) is 29.8 Å². The molecule has 29 heavy (non-hydrogen) atoms. The zero-order valence-electron chi connectivity index (χ0n) is 15.5. The highest BCUT2D eigenvalue weighted by atomic mass is 32.2. The predicted molar refractivity (Wildman–Crippen MR) is 105 cm³/mol. The van der Waals surface area contributed by atoms with E-state index in [4.69, 9.17) is 0 Å². The van der Waals surface area contributed by atoms with Gasteiger partial charge in [0.25, 0.3) is 15.9 Å². The Hall–Kier alpha value is -3.27. The van der Waals surface area contributed by atoms with Crippen LogP contribution in [-0.2, 0) is 21.9 Å². The van der Waals surface area contributed by atoms with Gasteiger partial charge in [-0.2, -0.15) is 0 Å². The van der Waals surface area contributed by atoms with Gasteiger partial charge in [0.05, 0.1) is 11.3 Å². The number of fused-ring (bicyclic) bond motifs is 1. The maximum Gasteiger partial charge on any atom is 0.256 e. The summed E-state index contributed by atoms with van der Waals surface area (Å²) in [6.45, 7) is 0.217. The monoisotopic (exact) mass is 415 g/mol. The number of carbonyl (C=O) groups is 1. The first-order valence-electron chi connectivity index (χ1n) is 8.85. The second kappa shape index (κ2) is 7.28. The molecule has 1 aromatic carbocycles. The van der Waals surface area contributed by atoms with E-state index < -0.39 is 27.8 Å². The maximum atomic E-state index is 13.8. The van der Waals surface area contributed by atoms with E-state index in [0.717, 1.165) is 0 Å². The molecule has 1 atom stereocenters. The van der Waals surface area contributed by atoms with E-state index >= 15 is 0 Å². The lowest BCUT2D eigenvalue weighted by Crippen LogP contribution is -2.38. The topological polar surface area (TPSA) is 96.7 Å². The number of aryl methyl sites for hydroxylation is 1. The number of carbonyl (C=O) groups excluding carboxylic acids is 1. The summed E-state index contributed by atoms with van der Waals surface area (Å²) in [6.07, 6.45) is 7.90. The average molecular weight is 415 g/mol. The molecule has 0 radical (unpaired) electrons. The number of amides is 1. The molecule has 0 unspecified atom stereocenters. The minimum atomic E-state index is -3.47. The van der Waals surface area contributed by atoms with Gasteiger partial charge in [-0.1, -0.05) is 12.1 Å². The van der Waals surface area contributed by atoms with Crippen molar-refractivity contribution >= 4 is 21.8 Å². The second-order valence-electron chi connectivity index (χ2n) is 6.70. The van der Waals surface area contributed by atoms with Crippen LogP contribution in [0.4, 0.5) is 4.39 Å². The van der Waals surface area contributed by atoms with E-state index in [1.807, 2.05) is 0 Å². The average Bonchev–Trinajstić information content (AvgIpc) is 3.10. The van der Waals surface area contributed by atoms with Crippen molar-refractivity contribution < 1.29 is 17.6 Å². The standard InChI is InChI=1S/C19H18FN5O3S/c1-24-8-7-21-18(24)17(13-3-2-4-15(20)11-13)22-19(26)14-5-6-16-23-29(27,28)10-9-25(16)12-14/h2-8,11-12,17H,9-10H2,1H3,(H,22,26)/t17-/m1/s1. The van der Waals surface area contributed by atoms with E-state index in [9.17, 15) is 17.6 Å². The lowest BCUT2D eigenvalue weighted by molar-refractivity contribution is -0.117. The van der Waals surface area contributed by atoms with Gasteiger partial charge in [0.2, 0.25) is 0 Å². The van der Waals surface area contributed by atoms with Crippen molar-refractivity contribution in [1.82, 2.24) is 19.8 Å². The van der Waals surface area contributed by atoms with E-state index in [1.165, 1.54) is 24.3 Å². The third-order valence-corrected chi connectivity index (χ3v) is 5.82. The molecule has 0 fully saturated rings. The number of nitrogens with one attached hydrogen (secondary N) is 1. The van der Waals surface area contributed by atoms with Crippen LogP contribution in [0.2, 0.25) is 0 Å². The van der Waals surface area contributed by atoms with Gasteiger partial charge in [-0.3, -0.25) is 4.79 Å². The number of hydrogen-bond donors (Lipinski definition) is 1. The van der Waals surface area contributed by atoms with Gasteiger partial charge in [-0.15, -0.1) is 4.40 Å². The van der Waals surface area contributed by atoms with E-state index in [2.05, 4.69) is 14.7 Å². The molecule has 10 heteroatoms. The molecule has 0 saturated heterocycles. The van der Waals surface area contributed by atoms with E-state index in [-0.39, 0.29) is 18.1 Å². The molecule has 3 heterocycles. The van der Waals surface area contributed by atoms with Crippen molar-refractivity contribution in [1.29, 1.82) is 0 Å². The molecule has 4 rings (SSSR count). The first kappa shape index (κ1) is 19.1. The lowest BCUT2D eigenvalue weighted by atomic mass is 10.0. The van der Waals surface area contributed by atoms with Gasteiger partial charge in [0, 0.05) is 32.2 Å². The number of benzene rings is 1.